The van der Waals surface area contributed by atoms with Crippen molar-refractivity contribution in [2.45, 2.75) is 33.2 Å². The van der Waals surface area contributed by atoms with Crippen LogP contribution < -0.4 is 5.32 Å². The van der Waals surface area contributed by atoms with Gasteiger partial charge < -0.3 is 10.4 Å². The molecule has 1 aromatic carbocycles. The average molecular weight is 207 g/mol. The highest BCUT2D eigenvalue weighted by atomic mass is 16.2. The third-order valence-electron chi connectivity index (χ3n) is 2.60. The van der Waals surface area contributed by atoms with Crippen molar-refractivity contribution in [3.63, 3.8) is 0 Å². The Bertz CT molecular complexity index is 297. The summed E-state index contributed by atoms with van der Waals surface area (Å²) in [5, 5.41) is 12.1. The maximum absolute atomic E-state index is 8.76. The highest BCUT2D eigenvalue weighted by Gasteiger charge is 1.99. The Morgan fingerprint density at radius 1 is 1.33 bits per heavy atom. The van der Waals surface area contributed by atoms with Gasteiger partial charge in [0.05, 0.1) is 0 Å². The summed E-state index contributed by atoms with van der Waals surface area (Å²) in [6.07, 6.45) is 1.82. The van der Waals surface area contributed by atoms with E-state index < -0.39 is 0 Å². The zero-order valence-corrected chi connectivity index (χ0v) is 9.71. The molecule has 0 aromatic heterocycles. The normalized spacial score (nSPS) is 10.6. The molecule has 0 amide bonds. The standard InChI is InChI=1S/C13H21NO/c1-3-14-10-13-7-6-12(5-4-8-15)9-11(13)2/h6-7,9,14-15H,3-5,8,10H2,1-2H3. The fourth-order valence-electron chi connectivity index (χ4n) is 1.65. The van der Waals surface area contributed by atoms with E-state index in [2.05, 4.69) is 37.4 Å². The molecule has 0 aliphatic heterocycles. The topological polar surface area (TPSA) is 32.3 Å². The number of nitrogens with one attached hydrogen (secondary N) is 1. The van der Waals surface area contributed by atoms with Crippen LogP contribution in [0.4, 0.5) is 0 Å². The smallest absolute Gasteiger partial charge is 0.0434 e. The molecule has 2 nitrogen and oxygen atoms in total. The molecule has 0 saturated heterocycles. The van der Waals surface area contributed by atoms with Crippen molar-refractivity contribution in [1.82, 2.24) is 5.32 Å². The van der Waals surface area contributed by atoms with Gasteiger partial charge in [-0.3, -0.25) is 0 Å². The van der Waals surface area contributed by atoms with Gasteiger partial charge in [0, 0.05) is 13.2 Å². The molecule has 0 unspecified atom stereocenters. The SMILES string of the molecule is CCNCc1ccc(CCCO)cc1C. The number of benzene rings is 1. The van der Waals surface area contributed by atoms with Crippen LogP contribution in [0.3, 0.4) is 0 Å². The fraction of sp³-hybridized carbons (Fsp3) is 0.538. The first kappa shape index (κ1) is 12.2. The van der Waals surface area contributed by atoms with Crippen LogP contribution in [-0.2, 0) is 13.0 Å². The fourth-order valence-corrected chi connectivity index (χ4v) is 1.65. The second-order valence-corrected chi connectivity index (χ2v) is 3.87. The molecule has 0 heterocycles. The molecule has 15 heavy (non-hydrogen) atoms. The van der Waals surface area contributed by atoms with Gasteiger partial charge in [-0.2, -0.15) is 0 Å². The molecule has 0 atom stereocenters. The summed E-state index contributed by atoms with van der Waals surface area (Å²) in [7, 11) is 0. The molecule has 0 bridgehead atoms. The van der Waals surface area contributed by atoms with Crippen molar-refractivity contribution in [1.29, 1.82) is 0 Å². The minimum atomic E-state index is 0.276. The van der Waals surface area contributed by atoms with Crippen molar-refractivity contribution in [2.75, 3.05) is 13.2 Å². The third-order valence-corrected chi connectivity index (χ3v) is 2.60. The molecule has 1 aromatic rings. The number of hydrogen-bond acceptors (Lipinski definition) is 2. The molecule has 84 valence electrons. The summed E-state index contributed by atoms with van der Waals surface area (Å²) in [6, 6.07) is 6.57. The van der Waals surface area contributed by atoms with Crippen LogP contribution in [0.1, 0.15) is 30.0 Å². The molecular formula is C13H21NO. The van der Waals surface area contributed by atoms with Crippen molar-refractivity contribution in [2.24, 2.45) is 0 Å². The monoisotopic (exact) mass is 207 g/mol. The first-order chi connectivity index (χ1) is 7.27. The van der Waals surface area contributed by atoms with Crippen LogP contribution in [0.25, 0.3) is 0 Å². The van der Waals surface area contributed by atoms with Crippen LogP contribution >= 0.6 is 0 Å². The van der Waals surface area contributed by atoms with E-state index in [9.17, 15) is 0 Å². The number of aryl methyl sites for hydroxylation is 2. The van der Waals surface area contributed by atoms with E-state index in [0.29, 0.717) is 0 Å². The molecule has 0 spiro atoms. The predicted octanol–water partition coefficient (Wildman–Crippen LogP) is 2.03. The number of aliphatic hydroxyl groups excluding tert-OH is 1. The molecule has 0 fully saturated rings. The van der Waals surface area contributed by atoms with E-state index in [1.807, 2.05) is 0 Å². The summed E-state index contributed by atoms with van der Waals surface area (Å²) in [5.41, 5.74) is 4.03. The summed E-state index contributed by atoms with van der Waals surface area (Å²) >= 11 is 0. The molecule has 0 aliphatic rings. The molecule has 0 radical (unpaired) electrons. The predicted molar refractivity (Wildman–Crippen MR) is 64.0 cm³/mol. The first-order valence-corrected chi connectivity index (χ1v) is 5.68. The van der Waals surface area contributed by atoms with Gasteiger partial charge in [0.15, 0.2) is 0 Å². The lowest BCUT2D eigenvalue weighted by atomic mass is 10.0. The van der Waals surface area contributed by atoms with Crippen molar-refractivity contribution in [3.8, 4) is 0 Å². The third kappa shape index (κ3) is 4.02. The molecule has 1 rings (SSSR count). The van der Waals surface area contributed by atoms with Crippen LogP contribution in [0.5, 0.6) is 0 Å². The Kier molecular flexibility index (Phi) is 5.37. The van der Waals surface area contributed by atoms with Gasteiger partial charge in [0.1, 0.15) is 0 Å². The highest BCUT2D eigenvalue weighted by molar-refractivity contribution is 5.31. The summed E-state index contributed by atoms with van der Waals surface area (Å²) < 4.78 is 0. The highest BCUT2D eigenvalue weighted by Crippen LogP contribution is 2.12. The van der Waals surface area contributed by atoms with Crippen LogP contribution in [-0.4, -0.2) is 18.3 Å². The van der Waals surface area contributed by atoms with Gasteiger partial charge in [-0.05, 0) is 43.0 Å². The minimum absolute atomic E-state index is 0.276. The lowest BCUT2D eigenvalue weighted by Crippen LogP contribution is -2.12. The maximum Gasteiger partial charge on any atom is 0.0434 e. The molecule has 0 aliphatic carbocycles. The molecule has 2 heteroatoms. The van der Waals surface area contributed by atoms with E-state index >= 15 is 0 Å². The van der Waals surface area contributed by atoms with Crippen molar-refractivity contribution in [3.05, 3.63) is 34.9 Å². The lowest BCUT2D eigenvalue weighted by molar-refractivity contribution is 0.288. The van der Waals surface area contributed by atoms with Crippen molar-refractivity contribution < 1.29 is 5.11 Å². The molecule has 2 N–H and O–H groups in total. The first-order valence-electron chi connectivity index (χ1n) is 5.68. The van der Waals surface area contributed by atoms with Gasteiger partial charge in [0.25, 0.3) is 0 Å². The lowest BCUT2D eigenvalue weighted by Gasteiger charge is -2.08. The Hall–Kier alpha value is -0.860. The minimum Gasteiger partial charge on any atom is -0.396 e. The van der Waals surface area contributed by atoms with Gasteiger partial charge >= 0.3 is 0 Å². The second kappa shape index (κ2) is 6.59. The van der Waals surface area contributed by atoms with Crippen LogP contribution in [0.15, 0.2) is 18.2 Å². The Labute approximate surface area is 92.3 Å². The van der Waals surface area contributed by atoms with E-state index in [4.69, 9.17) is 5.11 Å². The number of aliphatic hydroxyl groups is 1. The summed E-state index contributed by atoms with van der Waals surface area (Å²) in [4.78, 5) is 0. The zero-order valence-electron chi connectivity index (χ0n) is 9.71. The Morgan fingerprint density at radius 3 is 2.73 bits per heavy atom. The van der Waals surface area contributed by atoms with Crippen LogP contribution in [0, 0.1) is 6.92 Å². The Morgan fingerprint density at radius 2 is 2.13 bits per heavy atom. The molecule has 0 saturated carbocycles. The van der Waals surface area contributed by atoms with Crippen molar-refractivity contribution >= 4 is 0 Å². The van der Waals surface area contributed by atoms with Gasteiger partial charge in [-0.15, -0.1) is 0 Å². The number of rotatable bonds is 6. The zero-order chi connectivity index (χ0) is 11.1. The largest absolute Gasteiger partial charge is 0.396 e. The molecular weight excluding hydrogens is 186 g/mol. The summed E-state index contributed by atoms with van der Waals surface area (Å²) in [6.45, 7) is 6.49. The van der Waals surface area contributed by atoms with E-state index in [-0.39, 0.29) is 6.61 Å². The number of hydrogen-bond donors (Lipinski definition) is 2. The van der Waals surface area contributed by atoms with Gasteiger partial charge in [-0.1, -0.05) is 25.1 Å². The van der Waals surface area contributed by atoms with E-state index in [1.54, 1.807) is 0 Å². The Balaban J connectivity index is 2.61. The quantitative estimate of drug-likeness (QED) is 0.748. The second-order valence-electron chi connectivity index (χ2n) is 3.87. The van der Waals surface area contributed by atoms with E-state index in [0.717, 1.165) is 25.9 Å². The van der Waals surface area contributed by atoms with Gasteiger partial charge in [0.2, 0.25) is 0 Å². The van der Waals surface area contributed by atoms with E-state index in [1.165, 1.54) is 16.7 Å². The maximum atomic E-state index is 8.76. The van der Waals surface area contributed by atoms with Gasteiger partial charge in [-0.25, -0.2) is 0 Å². The van der Waals surface area contributed by atoms with Crippen LogP contribution in [0.2, 0.25) is 0 Å². The summed E-state index contributed by atoms with van der Waals surface area (Å²) in [5.74, 6) is 0. The average Bonchev–Trinajstić information content (AvgIpc) is 2.25.